The van der Waals surface area contributed by atoms with Crippen molar-refractivity contribution in [2.24, 2.45) is 0 Å². The summed E-state index contributed by atoms with van der Waals surface area (Å²) in [6.07, 6.45) is 0. The monoisotopic (exact) mass is 313 g/mol. The SMILES string of the molecule is Cc1ccc(S[C@@H](C)C(=O)Nc2cc(C)ccc2C)c(C)c1. The molecule has 2 rings (SSSR count). The molecule has 2 aromatic carbocycles. The van der Waals surface area contributed by atoms with Crippen LogP contribution in [0.25, 0.3) is 0 Å². The van der Waals surface area contributed by atoms with Crippen LogP contribution in [0.5, 0.6) is 0 Å². The van der Waals surface area contributed by atoms with E-state index in [1.165, 1.54) is 11.1 Å². The summed E-state index contributed by atoms with van der Waals surface area (Å²) >= 11 is 1.60. The van der Waals surface area contributed by atoms with Crippen molar-refractivity contribution < 1.29 is 4.79 Å². The van der Waals surface area contributed by atoms with Crippen molar-refractivity contribution in [3.05, 3.63) is 58.7 Å². The number of carbonyl (C=O) groups excluding carboxylic acids is 1. The van der Waals surface area contributed by atoms with Crippen LogP contribution in [0.2, 0.25) is 0 Å². The molecule has 116 valence electrons. The zero-order valence-corrected chi connectivity index (χ0v) is 14.7. The Kier molecular flexibility index (Phi) is 5.30. The second kappa shape index (κ2) is 7.01. The number of rotatable bonds is 4. The Bertz CT molecular complexity index is 694. The van der Waals surface area contributed by atoms with Crippen molar-refractivity contribution >= 4 is 23.4 Å². The molecule has 1 atom stereocenters. The van der Waals surface area contributed by atoms with E-state index in [0.29, 0.717) is 0 Å². The molecule has 3 heteroatoms. The number of hydrogen-bond donors (Lipinski definition) is 1. The smallest absolute Gasteiger partial charge is 0.237 e. The van der Waals surface area contributed by atoms with E-state index in [1.54, 1.807) is 11.8 Å². The predicted octanol–water partition coefficient (Wildman–Crippen LogP) is 5.04. The molecule has 2 aromatic rings. The molecule has 0 unspecified atom stereocenters. The maximum Gasteiger partial charge on any atom is 0.237 e. The fourth-order valence-electron chi connectivity index (χ4n) is 2.28. The molecule has 2 nitrogen and oxygen atoms in total. The van der Waals surface area contributed by atoms with Crippen LogP contribution in [0.15, 0.2) is 41.3 Å². The fourth-order valence-corrected chi connectivity index (χ4v) is 3.22. The molecule has 0 radical (unpaired) electrons. The highest BCUT2D eigenvalue weighted by atomic mass is 32.2. The van der Waals surface area contributed by atoms with Gasteiger partial charge in [-0.3, -0.25) is 4.79 Å². The van der Waals surface area contributed by atoms with E-state index in [9.17, 15) is 4.79 Å². The van der Waals surface area contributed by atoms with Crippen LogP contribution in [-0.2, 0) is 4.79 Å². The van der Waals surface area contributed by atoms with E-state index in [2.05, 4.69) is 43.4 Å². The lowest BCUT2D eigenvalue weighted by Crippen LogP contribution is -2.23. The van der Waals surface area contributed by atoms with Gasteiger partial charge in [-0.25, -0.2) is 0 Å². The molecule has 22 heavy (non-hydrogen) atoms. The van der Waals surface area contributed by atoms with Gasteiger partial charge in [-0.05, 0) is 63.4 Å². The molecule has 1 N–H and O–H groups in total. The number of carbonyl (C=O) groups is 1. The first-order valence-corrected chi connectivity index (χ1v) is 8.37. The van der Waals surface area contributed by atoms with Crippen molar-refractivity contribution in [1.82, 2.24) is 0 Å². The Hall–Kier alpha value is -1.74. The fraction of sp³-hybridized carbons (Fsp3) is 0.316. The van der Waals surface area contributed by atoms with Gasteiger partial charge in [-0.2, -0.15) is 0 Å². The van der Waals surface area contributed by atoms with Gasteiger partial charge in [-0.1, -0.05) is 29.8 Å². The lowest BCUT2D eigenvalue weighted by atomic mass is 10.1. The standard InChI is InChI=1S/C19H23NOS/c1-12-7-9-18(15(4)10-12)22-16(5)19(21)20-17-11-13(2)6-8-14(17)3/h6-11,16H,1-5H3,(H,20,21)/t16-/m0/s1. The van der Waals surface area contributed by atoms with E-state index in [4.69, 9.17) is 0 Å². The quantitative estimate of drug-likeness (QED) is 0.801. The van der Waals surface area contributed by atoms with Gasteiger partial charge in [0.1, 0.15) is 0 Å². The minimum absolute atomic E-state index is 0.0404. The first-order valence-electron chi connectivity index (χ1n) is 7.49. The maximum atomic E-state index is 12.4. The maximum absolute atomic E-state index is 12.4. The van der Waals surface area contributed by atoms with Crippen molar-refractivity contribution in [2.75, 3.05) is 5.32 Å². The van der Waals surface area contributed by atoms with Crippen LogP contribution < -0.4 is 5.32 Å². The van der Waals surface area contributed by atoms with Gasteiger partial charge < -0.3 is 5.32 Å². The zero-order chi connectivity index (χ0) is 16.3. The van der Waals surface area contributed by atoms with Crippen LogP contribution in [-0.4, -0.2) is 11.2 Å². The molecule has 0 aliphatic heterocycles. The Morgan fingerprint density at radius 1 is 0.955 bits per heavy atom. The van der Waals surface area contributed by atoms with Crippen LogP contribution in [0.4, 0.5) is 5.69 Å². The van der Waals surface area contributed by atoms with Crippen molar-refractivity contribution in [3.63, 3.8) is 0 Å². The summed E-state index contributed by atoms with van der Waals surface area (Å²) in [5, 5.41) is 2.90. The van der Waals surface area contributed by atoms with Crippen LogP contribution in [0, 0.1) is 27.7 Å². The molecule has 1 amide bonds. The summed E-state index contributed by atoms with van der Waals surface area (Å²) < 4.78 is 0. The third-order valence-electron chi connectivity index (χ3n) is 3.65. The number of nitrogens with one attached hydrogen (secondary N) is 1. The lowest BCUT2D eigenvalue weighted by molar-refractivity contribution is -0.115. The van der Waals surface area contributed by atoms with E-state index in [-0.39, 0.29) is 11.2 Å². The van der Waals surface area contributed by atoms with Gasteiger partial charge in [0.25, 0.3) is 0 Å². The molecule has 0 aliphatic carbocycles. The highest BCUT2D eigenvalue weighted by molar-refractivity contribution is 8.00. The topological polar surface area (TPSA) is 29.1 Å². The van der Waals surface area contributed by atoms with Gasteiger partial charge in [0, 0.05) is 10.6 Å². The van der Waals surface area contributed by atoms with Gasteiger partial charge in [0.05, 0.1) is 5.25 Å². The summed E-state index contributed by atoms with van der Waals surface area (Å²) in [5.74, 6) is 0.0404. The molecule has 0 aromatic heterocycles. The predicted molar refractivity (Wildman–Crippen MR) is 95.8 cm³/mol. The van der Waals surface area contributed by atoms with Crippen molar-refractivity contribution in [3.8, 4) is 0 Å². The molecule has 0 aliphatic rings. The second-order valence-corrected chi connectivity index (χ2v) is 7.22. The summed E-state index contributed by atoms with van der Waals surface area (Å²) in [6, 6.07) is 12.4. The minimum atomic E-state index is -0.138. The third kappa shape index (κ3) is 4.14. The molecule has 0 heterocycles. The zero-order valence-electron chi connectivity index (χ0n) is 13.9. The Morgan fingerprint density at radius 2 is 1.59 bits per heavy atom. The first-order chi connectivity index (χ1) is 10.4. The molecule has 0 saturated carbocycles. The largest absolute Gasteiger partial charge is 0.325 e. The van der Waals surface area contributed by atoms with Crippen molar-refractivity contribution in [1.29, 1.82) is 0 Å². The Labute approximate surface area is 137 Å². The van der Waals surface area contributed by atoms with Crippen molar-refractivity contribution in [2.45, 2.75) is 44.8 Å². The van der Waals surface area contributed by atoms with Crippen LogP contribution >= 0.6 is 11.8 Å². The van der Waals surface area contributed by atoms with E-state index in [0.717, 1.165) is 21.7 Å². The normalized spacial score (nSPS) is 12.0. The number of benzene rings is 2. The van der Waals surface area contributed by atoms with E-state index < -0.39 is 0 Å². The number of amides is 1. The first kappa shape index (κ1) is 16.6. The number of thioether (sulfide) groups is 1. The molecule has 0 saturated heterocycles. The van der Waals surface area contributed by atoms with Gasteiger partial charge >= 0.3 is 0 Å². The van der Waals surface area contributed by atoms with Gasteiger partial charge in [-0.15, -0.1) is 11.8 Å². The average molecular weight is 313 g/mol. The average Bonchev–Trinajstić information content (AvgIpc) is 2.45. The highest BCUT2D eigenvalue weighted by Gasteiger charge is 2.16. The highest BCUT2D eigenvalue weighted by Crippen LogP contribution is 2.28. The third-order valence-corrected chi connectivity index (χ3v) is 4.93. The van der Waals surface area contributed by atoms with Gasteiger partial charge in [0.15, 0.2) is 0 Å². The number of anilines is 1. The van der Waals surface area contributed by atoms with E-state index in [1.807, 2.05) is 32.9 Å². The second-order valence-electron chi connectivity index (χ2n) is 5.84. The number of hydrogen-bond acceptors (Lipinski definition) is 2. The molecule has 0 fully saturated rings. The molecule has 0 bridgehead atoms. The summed E-state index contributed by atoms with van der Waals surface area (Å²) in [4.78, 5) is 13.6. The summed E-state index contributed by atoms with van der Waals surface area (Å²) in [5.41, 5.74) is 5.60. The molecular formula is C19H23NOS. The Morgan fingerprint density at radius 3 is 2.27 bits per heavy atom. The Balaban J connectivity index is 2.07. The summed E-state index contributed by atoms with van der Waals surface area (Å²) in [6.45, 7) is 10.2. The van der Waals surface area contributed by atoms with Crippen LogP contribution in [0.3, 0.4) is 0 Å². The van der Waals surface area contributed by atoms with E-state index >= 15 is 0 Å². The molecular weight excluding hydrogens is 290 g/mol. The molecule has 0 spiro atoms. The summed E-state index contributed by atoms with van der Waals surface area (Å²) in [7, 11) is 0. The number of aryl methyl sites for hydroxylation is 4. The lowest BCUT2D eigenvalue weighted by Gasteiger charge is -2.15. The minimum Gasteiger partial charge on any atom is -0.325 e. The van der Waals surface area contributed by atoms with Gasteiger partial charge in [0.2, 0.25) is 5.91 Å². The van der Waals surface area contributed by atoms with Crippen LogP contribution in [0.1, 0.15) is 29.2 Å².